The standard InChI is InChI=1S/C13H15N5O3/c1-14-13(19)11-12(16-7-15-11)18-17-9-5-4-8(20-2)6-10(9)21-3/h4-7H,1-3H3,(H,14,19)(H,15,16). The molecule has 0 aliphatic rings. The number of hydrogen-bond donors (Lipinski definition) is 2. The second-order valence-electron chi connectivity index (χ2n) is 3.92. The fraction of sp³-hybridized carbons (Fsp3) is 0.231. The molecule has 1 aromatic heterocycles. The van der Waals surface area contributed by atoms with Crippen LogP contribution in [0.2, 0.25) is 0 Å². The molecule has 2 rings (SSSR count). The van der Waals surface area contributed by atoms with E-state index in [1.54, 1.807) is 25.3 Å². The highest BCUT2D eigenvalue weighted by Crippen LogP contribution is 2.32. The van der Waals surface area contributed by atoms with Crippen LogP contribution in [0.4, 0.5) is 11.5 Å². The molecule has 21 heavy (non-hydrogen) atoms. The topological polar surface area (TPSA) is 101 Å². The number of nitrogens with one attached hydrogen (secondary N) is 2. The second kappa shape index (κ2) is 6.51. The lowest BCUT2D eigenvalue weighted by Crippen LogP contribution is -2.18. The number of benzene rings is 1. The lowest BCUT2D eigenvalue weighted by molar-refractivity contribution is 0.0959. The number of aromatic nitrogens is 2. The van der Waals surface area contributed by atoms with E-state index < -0.39 is 0 Å². The molecule has 8 nitrogen and oxygen atoms in total. The number of azo groups is 1. The minimum atomic E-state index is -0.317. The molecule has 1 amide bonds. The molecule has 0 aliphatic carbocycles. The Morgan fingerprint density at radius 1 is 1.29 bits per heavy atom. The first-order valence-electron chi connectivity index (χ1n) is 6.08. The maximum atomic E-state index is 11.6. The molecule has 0 saturated heterocycles. The third kappa shape index (κ3) is 3.16. The molecule has 2 aromatic rings. The molecule has 1 aromatic carbocycles. The van der Waals surface area contributed by atoms with Crippen LogP contribution in [0.3, 0.4) is 0 Å². The minimum Gasteiger partial charge on any atom is -0.497 e. The summed E-state index contributed by atoms with van der Waals surface area (Å²) in [6, 6.07) is 5.13. The molecule has 0 saturated carbocycles. The molecule has 0 spiro atoms. The van der Waals surface area contributed by atoms with E-state index in [1.165, 1.54) is 20.5 Å². The summed E-state index contributed by atoms with van der Waals surface area (Å²) in [5.41, 5.74) is 0.748. The first kappa shape index (κ1) is 14.5. The Labute approximate surface area is 121 Å². The molecular weight excluding hydrogens is 274 g/mol. The van der Waals surface area contributed by atoms with Gasteiger partial charge in [0.05, 0.1) is 20.5 Å². The summed E-state index contributed by atoms with van der Waals surface area (Å²) in [5.74, 6) is 1.04. The summed E-state index contributed by atoms with van der Waals surface area (Å²) in [6.07, 6.45) is 1.38. The van der Waals surface area contributed by atoms with Gasteiger partial charge in [-0.05, 0) is 12.1 Å². The van der Waals surface area contributed by atoms with Crippen molar-refractivity contribution in [2.75, 3.05) is 21.3 Å². The summed E-state index contributed by atoms with van der Waals surface area (Å²) >= 11 is 0. The summed E-state index contributed by atoms with van der Waals surface area (Å²) in [6.45, 7) is 0. The highest BCUT2D eigenvalue weighted by molar-refractivity contribution is 5.95. The zero-order chi connectivity index (χ0) is 15.2. The molecule has 0 atom stereocenters. The van der Waals surface area contributed by atoms with Gasteiger partial charge in [-0.3, -0.25) is 4.79 Å². The zero-order valence-electron chi connectivity index (χ0n) is 11.9. The summed E-state index contributed by atoms with van der Waals surface area (Å²) < 4.78 is 10.3. The number of aromatic amines is 1. The Bertz CT molecular complexity index is 666. The van der Waals surface area contributed by atoms with Crippen molar-refractivity contribution in [2.45, 2.75) is 0 Å². The van der Waals surface area contributed by atoms with Crippen molar-refractivity contribution >= 4 is 17.4 Å². The highest BCUT2D eigenvalue weighted by atomic mass is 16.5. The molecular formula is C13H15N5O3. The summed E-state index contributed by atoms with van der Waals surface area (Å²) in [5, 5.41) is 10.5. The molecule has 2 N–H and O–H groups in total. The van der Waals surface area contributed by atoms with Crippen molar-refractivity contribution in [3.05, 3.63) is 30.2 Å². The summed E-state index contributed by atoms with van der Waals surface area (Å²) in [7, 11) is 4.62. The first-order chi connectivity index (χ1) is 10.2. The minimum absolute atomic E-state index is 0.201. The van der Waals surface area contributed by atoms with Crippen molar-refractivity contribution in [1.29, 1.82) is 0 Å². The van der Waals surface area contributed by atoms with Gasteiger partial charge in [-0.15, -0.1) is 10.2 Å². The van der Waals surface area contributed by atoms with E-state index in [0.717, 1.165) is 0 Å². The van der Waals surface area contributed by atoms with Crippen molar-refractivity contribution < 1.29 is 14.3 Å². The number of nitrogens with zero attached hydrogens (tertiary/aromatic N) is 3. The van der Waals surface area contributed by atoms with Crippen molar-refractivity contribution in [3.63, 3.8) is 0 Å². The maximum absolute atomic E-state index is 11.6. The van der Waals surface area contributed by atoms with Crippen LogP contribution in [0.1, 0.15) is 10.5 Å². The van der Waals surface area contributed by atoms with Crippen LogP contribution in [-0.4, -0.2) is 37.1 Å². The largest absolute Gasteiger partial charge is 0.497 e. The van der Waals surface area contributed by atoms with Crippen LogP contribution >= 0.6 is 0 Å². The predicted octanol–water partition coefficient (Wildman–Crippen LogP) is 2.20. The van der Waals surface area contributed by atoms with Gasteiger partial charge in [-0.2, -0.15) is 0 Å². The molecule has 0 aliphatic heterocycles. The quantitative estimate of drug-likeness (QED) is 0.824. The van der Waals surface area contributed by atoms with Gasteiger partial charge in [0.15, 0.2) is 5.69 Å². The molecule has 8 heteroatoms. The maximum Gasteiger partial charge on any atom is 0.271 e. The highest BCUT2D eigenvalue weighted by Gasteiger charge is 2.12. The smallest absolute Gasteiger partial charge is 0.271 e. The molecule has 0 radical (unpaired) electrons. The molecule has 0 bridgehead atoms. The van der Waals surface area contributed by atoms with Gasteiger partial charge in [-0.25, -0.2) is 4.98 Å². The average molecular weight is 289 g/mol. The van der Waals surface area contributed by atoms with Crippen LogP contribution in [-0.2, 0) is 0 Å². The third-order valence-corrected chi connectivity index (χ3v) is 2.71. The van der Waals surface area contributed by atoms with E-state index in [4.69, 9.17) is 9.47 Å². The molecule has 110 valence electrons. The predicted molar refractivity (Wildman–Crippen MR) is 75.7 cm³/mol. The number of carbonyl (C=O) groups is 1. The van der Waals surface area contributed by atoms with Gasteiger partial charge in [0.1, 0.15) is 17.2 Å². The monoisotopic (exact) mass is 289 g/mol. The van der Waals surface area contributed by atoms with E-state index in [1.807, 2.05) is 0 Å². The number of carbonyl (C=O) groups excluding carboxylic acids is 1. The molecule has 0 unspecified atom stereocenters. The zero-order valence-corrected chi connectivity index (χ0v) is 11.9. The van der Waals surface area contributed by atoms with Crippen LogP contribution in [0.15, 0.2) is 34.8 Å². The number of imidazole rings is 1. The van der Waals surface area contributed by atoms with Crippen LogP contribution in [0, 0.1) is 0 Å². The Balaban J connectivity index is 2.30. The van der Waals surface area contributed by atoms with Gasteiger partial charge in [0, 0.05) is 13.1 Å². The van der Waals surface area contributed by atoms with Gasteiger partial charge in [-0.1, -0.05) is 0 Å². The van der Waals surface area contributed by atoms with Crippen molar-refractivity contribution in [2.24, 2.45) is 10.2 Å². The SMILES string of the molecule is CNC(=O)c1[nH]cnc1N=Nc1ccc(OC)cc1OC. The Morgan fingerprint density at radius 3 is 2.76 bits per heavy atom. The van der Waals surface area contributed by atoms with Gasteiger partial charge in [0.25, 0.3) is 5.91 Å². The van der Waals surface area contributed by atoms with Gasteiger partial charge in [0.2, 0.25) is 5.82 Å². The lowest BCUT2D eigenvalue weighted by Gasteiger charge is -2.05. The third-order valence-electron chi connectivity index (χ3n) is 2.71. The second-order valence-corrected chi connectivity index (χ2v) is 3.92. The Hall–Kier alpha value is -2.90. The number of H-pyrrole nitrogens is 1. The fourth-order valence-electron chi connectivity index (χ4n) is 1.62. The summed E-state index contributed by atoms with van der Waals surface area (Å²) in [4.78, 5) is 18.2. The normalized spacial score (nSPS) is 10.6. The number of methoxy groups -OCH3 is 2. The fourth-order valence-corrected chi connectivity index (χ4v) is 1.62. The van der Waals surface area contributed by atoms with Crippen LogP contribution in [0.5, 0.6) is 11.5 Å². The van der Waals surface area contributed by atoms with Crippen molar-refractivity contribution in [3.8, 4) is 11.5 Å². The van der Waals surface area contributed by atoms with E-state index >= 15 is 0 Å². The van der Waals surface area contributed by atoms with Crippen LogP contribution < -0.4 is 14.8 Å². The lowest BCUT2D eigenvalue weighted by atomic mass is 10.3. The number of amides is 1. The Morgan fingerprint density at radius 2 is 2.10 bits per heavy atom. The van der Waals surface area contributed by atoms with Gasteiger partial charge >= 0.3 is 0 Å². The van der Waals surface area contributed by atoms with E-state index in [2.05, 4.69) is 25.5 Å². The first-order valence-corrected chi connectivity index (χ1v) is 6.08. The van der Waals surface area contributed by atoms with Crippen LogP contribution in [0.25, 0.3) is 0 Å². The van der Waals surface area contributed by atoms with E-state index in [-0.39, 0.29) is 17.4 Å². The number of ether oxygens (including phenoxy) is 2. The Kier molecular flexibility index (Phi) is 4.50. The van der Waals surface area contributed by atoms with Gasteiger partial charge < -0.3 is 19.8 Å². The molecule has 0 fully saturated rings. The van der Waals surface area contributed by atoms with E-state index in [9.17, 15) is 4.79 Å². The van der Waals surface area contributed by atoms with E-state index in [0.29, 0.717) is 17.2 Å². The molecule has 1 heterocycles. The average Bonchev–Trinajstić information content (AvgIpc) is 3.00. The number of rotatable bonds is 5. The van der Waals surface area contributed by atoms with Crippen molar-refractivity contribution in [1.82, 2.24) is 15.3 Å². The number of hydrogen-bond acceptors (Lipinski definition) is 6.